The van der Waals surface area contributed by atoms with Crippen LogP contribution in [0.15, 0.2) is 53.0 Å². The summed E-state index contributed by atoms with van der Waals surface area (Å²) in [6.45, 7) is 1.34. The van der Waals surface area contributed by atoms with Crippen LogP contribution in [0.3, 0.4) is 0 Å². The van der Waals surface area contributed by atoms with Crippen molar-refractivity contribution in [3.05, 3.63) is 69.2 Å². The highest BCUT2D eigenvalue weighted by Crippen LogP contribution is 2.22. The molecule has 0 aromatic heterocycles. The maximum atomic E-state index is 12.9. The Hall–Kier alpha value is -2.38. The van der Waals surface area contributed by atoms with E-state index in [2.05, 4.69) is 26.6 Å². The highest BCUT2D eigenvalue weighted by atomic mass is 79.9. The lowest BCUT2D eigenvalue weighted by atomic mass is 10.0. The van der Waals surface area contributed by atoms with Gasteiger partial charge in [-0.05, 0) is 29.3 Å². The van der Waals surface area contributed by atoms with Crippen LogP contribution in [0.5, 0.6) is 0 Å². The van der Waals surface area contributed by atoms with Crippen molar-refractivity contribution in [3.8, 4) is 0 Å². The maximum absolute atomic E-state index is 12.9. The van der Waals surface area contributed by atoms with Gasteiger partial charge in [0.05, 0.1) is 7.11 Å². The first-order valence-corrected chi connectivity index (χ1v) is 10.1. The molecule has 0 heterocycles. The van der Waals surface area contributed by atoms with Gasteiger partial charge in [-0.1, -0.05) is 57.9 Å². The predicted molar refractivity (Wildman–Crippen MR) is 115 cm³/mol. The summed E-state index contributed by atoms with van der Waals surface area (Å²) in [5.41, 5.74) is 1.63. The number of rotatable bonds is 8. The van der Waals surface area contributed by atoms with Crippen molar-refractivity contribution < 1.29 is 19.1 Å². The summed E-state index contributed by atoms with van der Waals surface area (Å²) in [5.74, 6) is -1.41. The van der Waals surface area contributed by atoms with Gasteiger partial charge >= 0.3 is 5.97 Å². The highest BCUT2D eigenvalue weighted by molar-refractivity contribution is 9.10. The number of hydrogen-bond acceptors (Lipinski definition) is 4. The molecule has 0 aliphatic carbocycles. The molecule has 0 aliphatic rings. The van der Waals surface area contributed by atoms with Crippen molar-refractivity contribution in [2.75, 3.05) is 7.11 Å². The Balaban J connectivity index is 2.20. The number of carbonyl (C=O) groups is 3. The van der Waals surface area contributed by atoms with Gasteiger partial charge in [-0.3, -0.25) is 9.59 Å². The average Bonchev–Trinajstić information content (AvgIpc) is 2.69. The molecule has 0 saturated carbocycles. The van der Waals surface area contributed by atoms with E-state index < -0.39 is 24.0 Å². The lowest BCUT2D eigenvalue weighted by Crippen LogP contribution is -2.53. The Bertz CT molecular complexity index is 876. The van der Waals surface area contributed by atoms with Gasteiger partial charge in [0.1, 0.15) is 12.1 Å². The van der Waals surface area contributed by atoms with E-state index in [0.29, 0.717) is 11.4 Å². The lowest BCUT2D eigenvalue weighted by molar-refractivity contribution is -0.145. The molecular weight excluding hydrogens is 460 g/mol. The number of ether oxygens (including phenoxy) is 1. The van der Waals surface area contributed by atoms with Gasteiger partial charge in [0.25, 0.3) is 0 Å². The zero-order valence-electron chi connectivity index (χ0n) is 16.1. The van der Waals surface area contributed by atoms with E-state index in [0.717, 1.165) is 15.6 Å². The van der Waals surface area contributed by atoms with Crippen LogP contribution in [0.4, 0.5) is 0 Å². The number of halogens is 2. The Labute approximate surface area is 183 Å². The standard InChI is InChI=1S/C21H22BrClN2O4/c1-13(26)24-18(10-14-6-4-3-5-7-14)20(27)25-19(21(28)29-2)12-15-11-16(23)8-9-17(15)22/h3-9,11,18-19H,10,12H2,1-2H3,(H,24,26)(H,25,27)/t18-,19+/m0/s1. The molecule has 0 saturated heterocycles. The third-order valence-electron chi connectivity index (χ3n) is 4.21. The quantitative estimate of drug-likeness (QED) is 0.568. The minimum absolute atomic E-state index is 0.178. The Morgan fingerprint density at radius 1 is 1.03 bits per heavy atom. The van der Waals surface area contributed by atoms with Crippen LogP contribution in [0.2, 0.25) is 5.02 Å². The monoisotopic (exact) mass is 480 g/mol. The first kappa shape index (κ1) is 22.9. The fraction of sp³-hybridized carbons (Fsp3) is 0.286. The largest absolute Gasteiger partial charge is 0.467 e. The molecule has 2 aromatic carbocycles. The van der Waals surface area contributed by atoms with Crippen molar-refractivity contribution in [2.24, 2.45) is 0 Å². The average molecular weight is 482 g/mol. The van der Waals surface area contributed by atoms with Crippen molar-refractivity contribution in [3.63, 3.8) is 0 Å². The van der Waals surface area contributed by atoms with Crippen molar-refractivity contribution in [1.82, 2.24) is 10.6 Å². The summed E-state index contributed by atoms with van der Waals surface area (Å²) in [7, 11) is 1.25. The van der Waals surface area contributed by atoms with Crippen molar-refractivity contribution in [1.29, 1.82) is 0 Å². The van der Waals surface area contributed by atoms with Gasteiger partial charge in [0, 0.05) is 29.3 Å². The number of amides is 2. The van der Waals surface area contributed by atoms with Crippen LogP contribution in [0, 0.1) is 0 Å². The highest BCUT2D eigenvalue weighted by Gasteiger charge is 2.27. The summed E-state index contributed by atoms with van der Waals surface area (Å²) in [6, 6.07) is 12.7. The summed E-state index contributed by atoms with van der Waals surface area (Å²) in [5, 5.41) is 5.85. The fourth-order valence-electron chi connectivity index (χ4n) is 2.83. The normalized spacial score (nSPS) is 12.6. The zero-order chi connectivity index (χ0) is 21.4. The van der Waals surface area contributed by atoms with Gasteiger partial charge in [-0.2, -0.15) is 0 Å². The van der Waals surface area contributed by atoms with Gasteiger partial charge in [-0.15, -0.1) is 0 Å². The molecule has 2 N–H and O–H groups in total. The number of nitrogens with one attached hydrogen (secondary N) is 2. The molecule has 8 heteroatoms. The minimum atomic E-state index is -0.936. The van der Waals surface area contributed by atoms with E-state index in [4.69, 9.17) is 16.3 Å². The van der Waals surface area contributed by atoms with E-state index in [9.17, 15) is 14.4 Å². The SMILES string of the molecule is COC(=O)[C@@H](Cc1cc(Cl)ccc1Br)NC(=O)[C@H](Cc1ccccc1)NC(C)=O. The molecule has 154 valence electrons. The number of hydrogen-bond donors (Lipinski definition) is 2. The minimum Gasteiger partial charge on any atom is -0.467 e. The number of benzene rings is 2. The summed E-state index contributed by atoms with van der Waals surface area (Å²) in [6.07, 6.45) is 0.471. The third kappa shape index (κ3) is 7.18. The molecule has 0 fully saturated rings. The fourth-order valence-corrected chi connectivity index (χ4v) is 3.44. The van der Waals surface area contributed by atoms with E-state index in [1.807, 2.05) is 30.3 Å². The van der Waals surface area contributed by atoms with E-state index in [1.165, 1.54) is 14.0 Å². The smallest absolute Gasteiger partial charge is 0.328 e. The van der Waals surface area contributed by atoms with Crippen molar-refractivity contribution >= 4 is 45.3 Å². The second-order valence-electron chi connectivity index (χ2n) is 6.47. The third-order valence-corrected chi connectivity index (χ3v) is 5.22. The molecule has 2 amide bonds. The molecule has 0 unspecified atom stereocenters. The van der Waals surface area contributed by atoms with Crippen LogP contribution < -0.4 is 10.6 Å². The van der Waals surface area contributed by atoms with Crippen molar-refractivity contribution in [2.45, 2.75) is 31.8 Å². The Morgan fingerprint density at radius 2 is 1.72 bits per heavy atom. The number of carbonyl (C=O) groups excluding carboxylic acids is 3. The number of esters is 1. The molecule has 0 radical (unpaired) electrons. The molecule has 2 atom stereocenters. The van der Waals surface area contributed by atoms with Gasteiger partial charge in [-0.25, -0.2) is 4.79 Å². The molecule has 2 rings (SSSR count). The molecule has 2 aromatic rings. The molecular formula is C21H22BrClN2O4. The summed E-state index contributed by atoms with van der Waals surface area (Å²) < 4.78 is 5.60. The zero-order valence-corrected chi connectivity index (χ0v) is 18.4. The molecule has 29 heavy (non-hydrogen) atoms. The predicted octanol–water partition coefficient (Wildman–Crippen LogP) is 3.05. The van der Waals surface area contributed by atoms with E-state index in [-0.39, 0.29) is 12.3 Å². The topological polar surface area (TPSA) is 84.5 Å². The van der Waals surface area contributed by atoms with Gasteiger partial charge < -0.3 is 15.4 Å². The number of methoxy groups -OCH3 is 1. The Kier molecular flexibility index (Phi) is 8.67. The first-order chi connectivity index (χ1) is 13.8. The van der Waals surface area contributed by atoms with Crippen LogP contribution in [-0.2, 0) is 32.0 Å². The van der Waals surface area contributed by atoms with Gasteiger partial charge in [0.2, 0.25) is 11.8 Å². The summed E-state index contributed by atoms with van der Waals surface area (Å²) >= 11 is 9.47. The van der Waals surface area contributed by atoms with Crippen LogP contribution in [0.25, 0.3) is 0 Å². The summed E-state index contributed by atoms with van der Waals surface area (Å²) in [4.78, 5) is 36.8. The van der Waals surface area contributed by atoms with Gasteiger partial charge in [0.15, 0.2) is 0 Å². The molecule has 0 bridgehead atoms. The van der Waals surface area contributed by atoms with E-state index >= 15 is 0 Å². The second-order valence-corrected chi connectivity index (χ2v) is 7.76. The Morgan fingerprint density at radius 3 is 2.34 bits per heavy atom. The first-order valence-electron chi connectivity index (χ1n) is 8.93. The van der Waals surface area contributed by atoms with Crippen LogP contribution in [0.1, 0.15) is 18.1 Å². The molecule has 6 nitrogen and oxygen atoms in total. The second kappa shape index (κ2) is 11.0. The van der Waals surface area contributed by atoms with Crippen LogP contribution >= 0.6 is 27.5 Å². The lowest BCUT2D eigenvalue weighted by Gasteiger charge is -2.22. The maximum Gasteiger partial charge on any atom is 0.328 e. The van der Waals surface area contributed by atoms with Crippen LogP contribution in [-0.4, -0.2) is 37.0 Å². The molecule has 0 aliphatic heterocycles. The molecule has 0 spiro atoms. The van der Waals surface area contributed by atoms with E-state index in [1.54, 1.807) is 18.2 Å².